The number of rotatable bonds is 3. The van der Waals surface area contributed by atoms with Crippen LogP contribution in [-0.2, 0) is 10.0 Å². The Morgan fingerprint density at radius 2 is 1.95 bits per heavy atom. The minimum Gasteiger partial charge on any atom is -0.277 e. The molecular weight excluding hydrogens is 360 g/mol. The highest BCUT2D eigenvalue weighted by atomic mass is 79.9. The van der Waals surface area contributed by atoms with E-state index in [9.17, 15) is 17.2 Å². The van der Waals surface area contributed by atoms with Crippen LogP contribution in [0.1, 0.15) is 4.88 Å². The molecule has 0 fully saturated rings. The van der Waals surface area contributed by atoms with Crippen LogP contribution in [0.25, 0.3) is 0 Å². The molecular formula is C11H8BrF2NO2S2. The molecule has 3 nitrogen and oxygen atoms in total. The zero-order valence-electron chi connectivity index (χ0n) is 9.58. The fourth-order valence-electron chi connectivity index (χ4n) is 1.47. The molecule has 1 heterocycles. The van der Waals surface area contributed by atoms with E-state index >= 15 is 0 Å². The predicted molar refractivity (Wildman–Crippen MR) is 73.9 cm³/mol. The average molecular weight is 368 g/mol. The number of halogens is 3. The molecule has 1 aromatic carbocycles. The minimum absolute atomic E-state index is 0.0352. The van der Waals surface area contributed by atoms with Gasteiger partial charge in [0.05, 0.1) is 9.47 Å². The monoisotopic (exact) mass is 367 g/mol. The molecule has 0 atom stereocenters. The van der Waals surface area contributed by atoms with Gasteiger partial charge in [-0.1, -0.05) is 0 Å². The highest BCUT2D eigenvalue weighted by molar-refractivity contribution is 9.11. The van der Waals surface area contributed by atoms with Crippen LogP contribution in [0.15, 0.2) is 32.9 Å². The Balaban J connectivity index is 2.42. The van der Waals surface area contributed by atoms with Crippen molar-refractivity contribution >= 4 is 43.0 Å². The number of benzene rings is 1. The van der Waals surface area contributed by atoms with Crippen molar-refractivity contribution in [1.82, 2.24) is 0 Å². The minimum atomic E-state index is -3.94. The van der Waals surface area contributed by atoms with Gasteiger partial charge in [-0.3, -0.25) is 4.72 Å². The van der Waals surface area contributed by atoms with Crippen molar-refractivity contribution in [2.45, 2.75) is 11.8 Å². The van der Waals surface area contributed by atoms with Gasteiger partial charge in [-0.05, 0) is 41.1 Å². The fourth-order valence-corrected chi connectivity index (χ4v) is 4.95. The van der Waals surface area contributed by atoms with Gasteiger partial charge in [-0.25, -0.2) is 17.2 Å². The lowest BCUT2D eigenvalue weighted by atomic mass is 10.3. The summed E-state index contributed by atoms with van der Waals surface area (Å²) in [5, 5.41) is 0. The summed E-state index contributed by atoms with van der Waals surface area (Å²) in [6.45, 7) is 1.63. The second-order valence-electron chi connectivity index (χ2n) is 3.70. The summed E-state index contributed by atoms with van der Waals surface area (Å²) in [5.74, 6) is -1.56. The molecule has 0 saturated carbocycles. The molecule has 8 heteroatoms. The third-order valence-corrected chi connectivity index (χ3v) is 5.48. The van der Waals surface area contributed by atoms with Crippen molar-refractivity contribution < 1.29 is 17.2 Å². The number of nitrogens with one attached hydrogen (secondary N) is 1. The highest BCUT2D eigenvalue weighted by Crippen LogP contribution is 2.31. The normalized spacial score (nSPS) is 11.6. The zero-order valence-corrected chi connectivity index (χ0v) is 12.8. The van der Waals surface area contributed by atoms with Crippen molar-refractivity contribution in [2.24, 2.45) is 0 Å². The van der Waals surface area contributed by atoms with E-state index in [0.717, 1.165) is 18.2 Å². The van der Waals surface area contributed by atoms with E-state index in [1.54, 1.807) is 6.92 Å². The van der Waals surface area contributed by atoms with Gasteiger partial charge >= 0.3 is 0 Å². The van der Waals surface area contributed by atoms with Crippen LogP contribution in [0.2, 0.25) is 0 Å². The molecule has 2 aromatic rings. The fraction of sp³-hybridized carbons (Fsp3) is 0.0909. The standard InChI is InChI=1S/C11H8BrF2NO2S2/c1-6-10(5-11(12)18-6)19(16,17)15-9-4-7(13)2-3-8(9)14/h2-5,15H,1H3. The van der Waals surface area contributed by atoms with Gasteiger partial charge in [0.1, 0.15) is 16.5 Å². The summed E-state index contributed by atoms with van der Waals surface area (Å²) in [5.41, 5.74) is -0.415. The summed E-state index contributed by atoms with van der Waals surface area (Å²) < 4.78 is 53.3. The molecule has 0 spiro atoms. The lowest BCUT2D eigenvalue weighted by Crippen LogP contribution is -2.14. The highest BCUT2D eigenvalue weighted by Gasteiger charge is 2.21. The maximum absolute atomic E-state index is 13.4. The van der Waals surface area contributed by atoms with Gasteiger partial charge < -0.3 is 0 Å². The summed E-state index contributed by atoms with van der Waals surface area (Å²) in [7, 11) is -3.94. The summed E-state index contributed by atoms with van der Waals surface area (Å²) in [6.07, 6.45) is 0. The number of sulfonamides is 1. The molecule has 102 valence electrons. The molecule has 0 saturated heterocycles. The number of anilines is 1. The Hall–Kier alpha value is -0.990. The molecule has 1 aromatic heterocycles. The number of hydrogen-bond donors (Lipinski definition) is 1. The first-order valence-corrected chi connectivity index (χ1v) is 8.12. The van der Waals surface area contributed by atoms with Gasteiger partial charge in [-0.2, -0.15) is 0 Å². The number of aryl methyl sites for hydroxylation is 1. The molecule has 0 aliphatic rings. The maximum Gasteiger partial charge on any atom is 0.263 e. The van der Waals surface area contributed by atoms with Gasteiger partial charge in [0.2, 0.25) is 0 Å². The molecule has 1 N–H and O–H groups in total. The van der Waals surface area contributed by atoms with Gasteiger partial charge in [0.15, 0.2) is 0 Å². The van der Waals surface area contributed by atoms with Crippen molar-refractivity contribution in [2.75, 3.05) is 4.72 Å². The second-order valence-corrected chi connectivity index (χ2v) is 7.99. The Bertz CT molecular complexity index is 728. The smallest absolute Gasteiger partial charge is 0.263 e. The van der Waals surface area contributed by atoms with E-state index in [1.807, 2.05) is 4.72 Å². The predicted octanol–water partition coefficient (Wildman–Crippen LogP) is 3.90. The Kier molecular flexibility index (Phi) is 3.93. The number of hydrogen-bond acceptors (Lipinski definition) is 3. The van der Waals surface area contributed by atoms with E-state index in [-0.39, 0.29) is 4.90 Å². The topological polar surface area (TPSA) is 46.2 Å². The first kappa shape index (κ1) is 14.4. The lowest BCUT2D eigenvalue weighted by Gasteiger charge is -2.08. The quantitative estimate of drug-likeness (QED) is 0.893. The first-order valence-electron chi connectivity index (χ1n) is 5.03. The Morgan fingerprint density at radius 3 is 2.53 bits per heavy atom. The molecule has 0 aliphatic carbocycles. The van der Waals surface area contributed by atoms with E-state index in [4.69, 9.17) is 0 Å². The molecule has 0 amide bonds. The van der Waals surface area contributed by atoms with Crippen LogP contribution in [0.4, 0.5) is 14.5 Å². The molecule has 19 heavy (non-hydrogen) atoms. The van der Waals surface area contributed by atoms with Crippen LogP contribution < -0.4 is 4.72 Å². The molecule has 2 rings (SSSR count). The van der Waals surface area contributed by atoms with Crippen LogP contribution in [0.5, 0.6) is 0 Å². The summed E-state index contributed by atoms with van der Waals surface area (Å²) >= 11 is 4.42. The Labute approximate surface area is 121 Å². The van der Waals surface area contributed by atoms with Crippen LogP contribution in [-0.4, -0.2) is 8.42 Å². The molecule has 0 bridgehead atoms. The first-order chi connectivity index (χ1) is 8.79. The Morgan fingerprint density at radius 1 is 1.26 bits per heavy atom. The van der Waals surface area contributed by atoms with Gasteiger partial charge in [0, 0.05) is 10.9 Å². The van der Waals surface area contributed by atoms with E-state index in [0.29, 0.717) is 8.66 Å². The third-order valence-electron chi connectivity index (χ3n) is 2.30. The molecule has 0 aliphatic heterocycles. The van der Waals surface area contributed by atoms with Crippen molar-refractivity contribution in [3.8, 4) is 0 Å². The largest absolute Gasteiger partial charge is 0.277 e. The van der Waals surface area contributed by atoms with Crippen molar-refractivity contribution in [3.63, 3.8) is 0 Å². The van der Waals surface area contributed by atoms with Crippen LogP contribution in [0, 0.1) is 18.6 Å². The van der Waals surface area contributed by atoms with Crippen LogP contribution >= 0.6 is 27.3 Å². The zero-order chi connectivity index (χ0) is 14.2. The van der Waals surface area contributed by atoms with Gasteiger partial charge in [0.25, 0.3) is 10.0 Å². The summed E-state index contributed by atoms with van der Waals surface area (Å²) in [4.78, 5) is 0.587. The van der Waals surface area contributed by atoms with E-state index in [2.05, 4.69) is 15.9 Å². The SMILES string of the molecule is Cc1sc(Br)cc1S(=O)(=O)Nc1cc(F)ccc1F. The third kappa shape index (κ3) is 3.13. The van der Waals surface area contributed by atoms with Crippen LogP contribution in [0.3, 0.4) is 0 Å². The molecule has 0 unspecified atom stereocenters. The number of thiophene rings is 1. The lowest BCUT2D eigenvalue weighted by molar-refractivity contribution is 0.594. The van der Waals surface area contributed by atoms with Crippen molar-refractivity contribution in [3.05, 3.63) is 44.6 Å². The maximum atomic E-state index is 13.4. The molecule has 0 radical (unpaired) electrons. The summed E-state index contributed by atoms with van der Waals surface area (Å²) in [6, 6.07) is 3.99. The second kappa shape index (κ2) is 5.18. The average Bonchev–Trinajstić information content (AvgIpc) is 2.63. The van der Waals surface area contributed by atoms with E-state index < -0.39 is 27.3 Å². The van der Waals surface area contributed by atoms with E-state index in [1.165, 1.54) is 17.4 Å². The van der Waals surface area contributed by atoms with Crippen molar-refractivity contribution in [1.29, 1.82) is 0 Å². The van der Waals surface area contributed by atoms with Gasteiger partial charge in [-0.15, -0.1) is 11.3 Å².